The monoisotopic (exact) mass is 552 g/mol. The number of carbonyl (C=O) groups is 1. The number of methoxy groups -OCH3 is 1. The number of ether oxygens (including phenoxy) is 3. The average Bonchev–Trinajstić information content (AvgIpc) is 3.63. The number of nitriles is 1. The van der Waals surface area contributed by atoms with Crippen molar-refractivity contribution >= 4 is 17.0 Å². The first-order valence-corrected chi connectivity index (χ1v) is 13.9. The number of aromatic nitrogens is 1. The minimum absolute atomic E-state index is 0.0406. The van der Waals surface area contributed by atoms with Crippen LogP contribution >= 0.6 is 0 Å². The molecule has 0 unspecified atom stereocenters. The van der Waals surface area contributed by atoms with E-state index in [9.17, 15) is 10.1 Å². The molecule has 0 saturated carbocycles. The summed E-state index contributed by atoms with van der Waals surface area (Å²) in [5.41, 5.74) is 4.61. The second kappa shape index (κ2) is 11.6. The fourth-order valence-electron chi connectivity index (χ4n) is 5.52. The van der Waals surface area contributed by atoms with Gasteiger partial charge in [-0.1, -0.05) is 6.07 Å². The number of amides is 1. The van der Waals surface area contributed by atoms with Crippen LogP contribution in [0.1, 0.15) is 35.2 Å². The smallest absolute Gasteiger partial charge is 0.251 e. The molecule has 2 aromatic heterocycles. The highest BCUT2D eigenvalue weighted by Gasteiger charge is 2.23. The molecule has 6 rings (SSSR count). The number of benzene rings is 2. The van der Waals surface area contributed by atoms with E-state index in [1.807, 2.05) is 36.4 Å². The van der Waals surface area contributed by atoms with Gasteiger partial charge in [0.25, 0.3) is 5.91 Å². The summed E-state index contributed by atoms with van der Waals surface area (Å²) in [5.74, 6) is 1.55. The van der Waals surface area contributed by atoms with Crippen LogP contribution in [-0.4, -0.2) is 68.4 Å². The first kappa shape index (κ1) is 26.8. The highest BCUT2D eigenvalue weighted by molar-refractivity contribution is 5.97. The number of likely N-dealkylation sites (tertiary alicyclic amines) is 1. The van der Waals surface area contributed by atoms with Crippen molar-refractivity contribution in [3.63, 3.8) is 0 Å². The molecule has 2 aromatic carbocycles. The summed E-state index contributed by atoms with van der Waals surface area (Å²) >= 11 is 0. The number of hydrogen-bond acceptors (Lipinski definition) is 8. The zero-order valence-electron chi connectivity index (χ0n) is 23.2. The van der Waals surface area contributed by atoms with Crippen LogP contribution in [0.4, 0.5) is 0 Å². The molecule has 4 heterocycles. The third-order valence-electron chi connectivity index (χ3n) is 7.74. The molecule has 2 fully saturated rings. The molecule has 1 N–H and O–H groups in total. The molecule has 1 atom stereocenters. The molecule has 1 amide bonds. The van der Waals surface area contributed by atoms with Crippen LogP contribution in [-0.2, 0) is 4.74 Å². The lowest BCUT2D eigenvalue weighted by atomic mass is 10.0. The fourth-order valence-corrected chi connectivity index (χ4v) is 5.52. The van der Waals surface area contributed by atoms with Gasteiger partial charge in [0.05, 0.1) is 31.5 Å². The molecule has 2 aliphatic rings. The van der Waals surface area contributed by atoms with Gasteiger partial charge >= 0.3 is 0 Å². The van der Waals surface area contributed by atoms with Gasteiger partial charge in [-0.25, -0.2) is 0 Å². The number of likely N-dealkylation sites (N-methyl/N-ethyl adjacent to an activating group) is 1. The van der Waals surface area contributed by atoms with Crippen molar-refractivity contribution in [3.8, 4) is 40.0 Å². The second-order valence-electron chi connectivity index (χ2n) is 10.6. The van der Waals surface area contributed by atoms with Gasteiger partial charge in [-0.05, 0) is 62.0 Å². The van der Waals surface area contributed by atoms with Gasteiger partial charge in [0.1, 0.15) is 34.9 Å². The average molecular weight is 553 g/mol. The Bertz CT molecular complexity index is 1620. The highest BCUT2D eigenvalue weighted by atomic mass is 16.5. The van der Waals surface area contributed by atoms with E-state index in [0.29, 0.717) is 58.3 Å². The van der Waals surface area contributed by atoms with Crippen molar-refractivity contribution < 1.29 is 23.4 Å². The maximum atomic E-state index is 12.9. The number of carbonyl (C=O) groups excluding carboxylic acids is 1. The maximum Gasteiger partial charge on any atom is 0.251 e. The number of furan rings is 1. The molecule has 0 radical (unpaired) electrons. The Morgan fingerprint density at radius 2 is 1.93 bits per heavy atom. The van der Waals surface area contributed by atoms with Gasteiger partial charge in [-0.2, -0.15) is 5.26 Å². The Morgan fingerprint density at radius 3 is 2.68 bits per heavy atom. The van der Waals surface area contributed by atoms with Crippen molar-refractivity contribution in [2.45, 2.75) is 31.4 Å². The summed E-state index contributed by atoms with van der Waals surface area (Å²) in [7, 11) is 3.63. The number of rotatable bonds is 7. The molecule has 2 saturated heterocycles. The minimum Gasteiger partial charge on any atom is -0.496 e. The van der Waals surface area contributed by atoms with Gasteiger partial charge in [-0.15, -0.1) is 0 Å². The largest absolute Gasteiger partial charge is 0.496 e. The van der Waals surface area contributed by atoms with E-state index in [1.54, 1.807) is 25.4 Å². The molecule has 9 heteroatoms. The van der Waals surface area contributed by atoms with Crippen molar-refractivity contribution in [3.05, 3.63) is 65.9 Å². The van der Waals surface area contributed by atoms with E-state index < -0.39 is 0 Å². The van der Waals surface area contributed by atoms with E-state index in [4.69, 9.17) is 18.6 Å². The summed E-state index contributed by atoms with van der Waals surface area (Å²) in [6.45, 7) is 3.15. The van der Waals surface area contributed by atoms with Crippen molar-refractivity contribution in [2.75, 3.05) is 40.5 Å². The van der Waals surface area contributed by atoms with Crippen molar-refractivity contribution in [1.29, 1.82) is 5.26 Å². The summed E-state index contributed by atoms with van der Waals surface area (Å²) in [6.07, 6.45) is 4.31. The molecular formula is C32H32N4O5. The Balaban J connectivity index is 1.28. The zero-order chi connectivity index (χ0) is 28.3. The fraction of sp³-hybridized carbons (Fsp3) is 0.344. The van der Waals surface area contributed by atoms with E-state index in [1.165, 1.54) is 0 Å². The van der Waals surface area contributed by atoms with Crippen molar-refractivity contribution in [1.82, 2.24) is 15.2 Å². The van der Waals surface area contributed by atoms with Gasteiger partial charge in [0, 0.05) is 48.8 Å². The van der Waals surface area contributed by atoms with Crippen LogP contribution in [0.25, 0.3) is 33.6 Å². The number of nitrogens with one attached hydrogen (secondary N) is 1. The molecular weight excluding hydrogens is 520 g/mol. The maximum absolute atomic E-state index is 12.9. The third-order valence-corrected chi connectivity index (χ3v) is 7.74. The third kappa shape index (κ3) is 5.62. The summed E-state index contributed by atoms with van der Waals surface area (Å²) in [4.78, 5) is 19.6. The highest BCUT2D eigenvalue weighted by Crippen LogP contribution is 2.38. The lowest BCUT2D eigenvalue weighted by Crippen LogP contribution is -2.36. The predicted octanol–water partition coefficient (Wildman–Crippen LogP) is 5.03. The van der Waals surface area contributed by atoms with Gasteiger partial charge < -0.3 is 28.8 Å². The molecule has 0 spiro atoms. The van der Waals surface area contributed by atoms with Crippen molar-refractivity contribution in [2.24, 2.45) is 0 Å². The number of fused-ring (bicyclic) bond motifs is 1. The van der Waals surface area contributed by atoms with Crippen LogP contribution in [0.2, 0.25) is 0 Å². The molecule has 41 heavy (non-hydrogen) atoms. The second-order valence-corrected chi connectivity index (χ2v) is 10.6. The molecule has 9 nitrogen and oxygen atoms in total. The van der Waals surface area contributed by atoms with Crippen LogP contribution < -0.4 is 14.8 Å². The zero-order valence-corrected chi connectivity index (χ0v) is 23.2. The van der Waals surface area contributed by atoms with Gasteiger partial charge in [-0.3, -0.25) is 9.78 Å². The quantitative estimate of drug-likeness (QED) is 0.340. The topological polar surface area (TPSA) is 110 Å². The summed E-state index contributed by atoms with van der Waals surface area (Å²) in [6, 6.07) is 17.1. The molecule has 4 aromatic rings. The van der Waals surface area contributed by atoms with Crippen LogP contribution in [0.3, 0.4) is 0 Å². The normalized spacial score (nSPS) is 17.8. The predicted molar refractivity (Wildman–Crippen MR) is 154 cm³/mol. The number of hydrogen-bond donors (Lipinski definition) is 1. The summed E-state index contributed by atoms with van der Waals surface area (Å²) < 4.78 is 23.6. The van der Waals surface area contributed by atoms with E-state index in [-0.39, 0.29) is 18.1 Å². The van der Waals surface area contributed by atoms with Gasteiger partial charge in [0.2, 0.25) is 0 Å². The lowest BCUT2D eigenvalue weighted by molar-refractivity contribution is 0.0254. The Kier molecular flexibility index (Phi) is 7.59. The SMILES string of the molecule is COc1cc(C(=O)N[C@H]2CCN(C)C2)ccc1-c1cc2nccc(-c3ccc(OC4CCOCC4)c(C#N)c3)c2o1. The van der Waals surface area contributed by atoms with E-state index in [2.05, 4.69) is 28.3 Å². The Morgan fingerprint density at radius 1 is 1.07 bits per heavy atom. The molecule has 0 aliphatic carbocycles. The number of pyridine rings is 1. The van der Waals surface area contributed by atoms with Crippen LogP contribution in [0.5, 0.6) is 11.5 Å². The number of nitrogens with zero attached hydrogens (tertiary/aromatic N) is 3. The Hall–Kier alpha value is -4.39. The van der Waals surface area contributed by atoms with Gasteiger partial charge in [0.15, 0.2) is 5.58 Å². The van der Waals surface area contributed by atoms with Crippen LogP contribution in [0.15, 0.2) is 59.1 Å². The molecule has 2 aliphatic heterocycles. The lowest BCUT2D eigenvalue weighted by Gasteiger charge is -2.23. The minimum atomic E-state index is -0.124. The first-order valence-electron chi connectivity index (χ1n) is 13.9. The Labute approximate surface area is 238 Å². The first-order chi connectivity index (χ1) is 20.0. The summed E-state index contributed by atoms with van der Waals surface area (Å²) in [5, 5.41) is 13.0. The van der Waals surface area contributed by atoms with Crippen LogP contribution in [0, 0.1) is 11.3 Å². The standard InChI is InChI=1S/C32H32N4O5/c1-36-12-8-23(19-36)35-32(37)21-3-5-26(29(16-21)38-2)30-17-27-31(41-30)25(7-11-34-27)20-4-6-28(22(15-20)18-33)40-24-9-13-39-14-10-24/h3-7,11,15-17,23-24H,8-10,12-14,19H2,1-2H3,(H,35,37)/t23-/m0/s1. The van der Waals surface area contributed by atoms with E-state index >= 15 is 0 Å². The molecule has 0 bridgehead atoms. The molecule has 210 valence electrons. The van der Waals surface area contributed by atoms with E-state index in [0.717, 1.165) is 43.5 Å².